The zero-order valence-corrected chi connectivity index (χ0v) is 13.7. The average molecular weight is 354 g/mol. The van der Waals surface area contributed by atoms with Crippen molar-refractivity contribution >= 4 is 11.5 Å². The largest absolute Gasteiger partial charge is 0.481 e. The molecule has 0 amide bonds. The second-order valence-corrected chi connectivity index (χ2v) is 5.94. The molecule has 9 heteroatoms. The Morgan fingerprint density at radius 2 is 2.08 bits per heavy atom. The van der Waals surface area contributed by atoms with Gasteiger partial charge in [0, 0.05) is 24.5 Å². The summed E-state index contributed by atoms with van der Waals surface area (Å²) in [5.74, 6) is 0.0764. The second kappa shape index (κ2) is 6.38. The monoisotopic (exact) mass is 354 g/mol. The smallest absolute Gasteiger partial charge is 0.435 e. The molecule has 1 fully saturated rings. The van der Waals surface area contributed by atoms with E-state index in [-0.39, 0.29) is 23.4 Å². The lowest BCUT2D eigenvalue weighted by molar-refractivity contribution is -0.140. The first-order valence-corrected chi connectivity index (χ1v) is 7.77. The molecule has 0 saturated heterocycles. The van der Waals surface area contributed by atoms with Gasteiger partial charge in [-0.3, -0.25) is 4.79 Å². The lowest BCUT2D eigenvalue weighted by Crippen LogP contribution is -2.27. The van der Waals surface area contributed by atoms with E-state index in [1.807, 2.05) is 6.92 Å². The molecule has 0 aliphatic heterocycles. The van der Waals surface area contributed by atoms with Crippen LogP contribution >= 0.6 is 0 Å². The summed E-state index contributed by atoms with van der Waals surface area (Å²) in [6.45, 7) is 1.92. The van der Waals surface area contributed by atoms with E-state index in [1.54, 1.807) is 6.20 Å². The highest BCUT2D eigenvalue weighted by atomic mass is 19.4. The second-order valence-electron chi connectivity index (χ2n) is 5.94. The Bertz CT molecular complexity index is 831. The van der Waals surface area contributed by atoms with Gasteiger partial charge in [-0.15, -0.1) is 0 Å². The molecule has 0 bridgehead atoms. The molecular weight excluding hydrogens is 337 g/mol. The fraction of sp³-hybridized carbons (Fsp3) is 0.438. The van der Waals surface area contributed by atoms with Gasteiger partial charge in [0.2, 0.25) is 5.88 Å². The Labute approximate surface area is 141 Å². The van der Waals surface area contributed by atoms with Crippen molar-refractivity contribution in [1.29, 1.82) is 0 Å². The van der Waals surface area contributed by atoms with Crippen LogP contribution in [-0.2, 0) is 6.18 Å². The highest BCUT2D eigenvalue weighted by Gasteiger charge is 2.36. The third kappa shape index (κ3) is 3.59. The zero-order chi connectivity index (χ0) is 18.2. The Hall–Kier alpha value is -2.58. The fourth-order valence-electron chi connectivity index (χ4n) is 2.64. The Morgan fingerprint density at radius 1 is 1.36 bits per heavy atom. The van der Waals surface area contributed by atoms with E-state index in [0.29, 0.717) is 5.92 Å². The molecule has 1 aliphatic carbocycles. The summed E-state index contributed by atoms with van der Waals surface area (Å²) in [7, 11) is 1.23. The first-order chi connectivity index (χ1) is 11.8. The summed E-state index contributed by atoms with van der Waals surface area (Å²) < 4.78 is 45.9. The lowest BCUT2D eigenvalue weighted by Gasteiger charge is -2.17. The first-order valence-electron chi connectivity index (χ1n) is 7.77. The van der Waals surface area contributed by atoms with E-state index in [2.05, 4.69) is 15.3 Å². The van der Waals surface area contributed by atoms with Crippen LogP contribution in [0.3, 0.4) is 0 Å². The van der Waals surface area contributed by atoms with Crippen molar-refractivity contribution in [1.82, 2.24) is 14.5 Å². The van der Waals surface area contributed by atoms with Crippen LogP contribution in [0, 0.1) is 5.92 Å². The number of hydrogen-bond donors (Lipinski definition) is 1. The predicted molar refractivity (Wildman–Crippen MR) is 85.0 cm³/mol. The number of halogens is 3. The number of methoxy groups -OCH3 is 1. The molecular formula is C16H17F3N4O2. The molecule has 1 atom stereocenters. The average Bonchev–Trinajstić information content (AvgIpc) is 3.40. The summed E-state index contributed by atoms with van der Waals surface area (Å²) in [5, 5.41) is 2.47. The Kier molecular flexibility index (Phi) is 4.40. The van der Waals surface area contributed by atoms with Crippen LogP contribution < -0.4 is 15.6 Å². The maximum absolute atomic E-state index is 13.2. The van der Waals surface area contributed by atoms with Crippen LogP contribution in [0.5, 0.6) is 5.88 Å². The highest BCUT2D eigenvalue weighted by Crippen LogP contribution is 2.39. The van der Waals surface area contributed by atoms with Crippen LogP contribution in [0.25, 0.3) is 0 Å². The number of alkyl halides is 3. The summed E-state index contributed by atoms with van der Waals surface area (Å²) in [6.07, 6.45) is 0.324. The van der Waals surface area contributed by atoms with Gasteiger partial charge in [0.25, 0.3) is 5.56 Å². The molecule has 6 nitrogen and oxygen atoms in total. The number of pyridine rings is 1. The minimum atomic E-state index is -4.70. The van der Waals surface area contributed by atoms with Gasteiger partial charge in [-0.25, -0.2) is 9.97 Å². The van der Waals surface area contributed by atoms with Crippen LogP contribution in [0.15, 0.2) is 29.3 Å². The van der Waals surface area contributed by atoms with Gasteiger partial charge in [0.1, 0.15) is 0 Å². The van der Waals surface area contributed by atoms with Gasteiger partial charge in [0.15, 0.2) is 11.5 Å². The number of anilines is 2. The molecule has 1 saturated carbocycles. The van der Waals surface area contributed by atoms with E-state index < -0.39 is 17.4 Å². The molecule has 2 aromatic heterocycles. The van der Waals surface area contributed by atoms with E-state index in [4.69, 9.17) is 4.74 Å². The van der Waals surface area contributed by atoms with Crippen molar-refractivity contribution in [3.8, 4) is 5.88 Å². The van der Waals surface area contributed by atoms with Crippen LogP contribution in [-0.4, -0.2) is 21.6 Å². The molecule has 0 spiro atoms. The van der Waals surface area contributed by atoms with Gasteiger partial charge >= 0.3 is 6.18 Å². The summed E-state index contributed by atoms with van der Waals surface area (Å²) >= 11 is 0. The molecule has 0 unspecified atom stereocenters. The molecule has 1 aliphatic rings. The van der Waals surface area contributed by atoms with Gasteiger partial charge in [-0.05, 0) is 31.7 Å². The lowest BCUT2D eigenvalue weighted by atomic mass is 10.2. The van der Waals surface area contributed by atoms with Crippen molar-refractivity contribution in [2.75, 3.05) is 12.4 Å². The van der Waals surface area contributed by atoms with E-state index >= 15 is 0 Å². The molecule has 0 radical (unpaired) electrons. The molecule has 2 heterocycles. The number of ether oxygens (including phenoxy) is 1. The zero-order valence-electron chi connectivity index (χ0n) is 13.7. The number of nitrogens with one attached hydrogen (secondary N) is 1. The van der Waals surface area contributed by atoms with Crippen molar-refractivity contribution in [3.05, 3.63) is 40.6 Å². The van der Waals surface area contributed by atoms with Crippen LogP contribution in [0.4, 0.5) is 24.7 Å². The third-order valence-corrected chi connectivity index (χ3v) is 4.21. The minimum Gasteiger partial charge on any atom is -0.481 e. The Balaban J connectivity index is 1.98. The quantitative estimate of drug-likeness (QED) is 0.891. The summed E-state index contributed by atoms with van der Waals surface area (Å²) in [4.78, 5) is 19.9. The summed E-state index contributed by atoms with van der Waals surface area (Å²) in [6, 6.07) is 2.43. The van der Waals surface area contributed by atoms with Gasteiger partial charge in [-0.2, -0.15) is 13.2 Å². The molecule has 134 valence electrons. The van der Waals surface area contributed by atoms with Crippen LogP contribution in [0.1, 0.15) is 31.5 Å². The van der Waals surface area contributed by atoms with E-state index in [1.165, 1.54) is 23.9 Å². The number of aromatic nitrogens is 3. The Morgan fingerprint density at radius 3 is 2.68 bits per heavy atom. The number of hydrogen-bond acceptors (Lipinski definition) is 5. The normalized spacial score (nSPS) is 15.7. The van der Waals surface area contributed by atoms with E-state index in [9.17, 15) is 18.0 Å². The van der Waals surface area contributed by atoms with Gasteiger partial charge < -0.3 is 14.6 Å². The van der Waals surface area contributed by atoms with Crippen molar-refractivity contribution in [2.24, 2.45) is 5.92 Å². The predicted octanol–water partition coefficient (Wildman–Crippen LogP) is 3.38. The maximum atomic E-state index is 13.2. The first kappa shape index (κ1) is 17.2. The van der Waals surface area contributed by atoms with Crippen LogP contribution in [0.2, 0.25) is 0 Å². The fourth-order valence-corrected chi connectivity index (χ4v) is 2.64. The molecule has 25 heavy (non-hydrogen) atoms. The molecule has 3 rings (SSSR count). The minimum absolute atomic E-state index is 0.0212. The topological polar surface area (TPSA) is 69.0 Å². The van der Waals surface area contributed by atoms with Gasteiger partial charge in [-0.1, -0.05) is 0 Å². The van der Waals surface area contributed by atoms with E-state index in [0.717, 1.165) is 18.9 Å². The maximum Gasteiger partial charge on any atom is 0.435 e. The molecule has 0 aromatic carbocycles. The van der Waals surface area contributed by atoms with Crippen molar-refractivity contribution in [2.45, 2.75) is 32.0 Å². The third-order valence-electron chi connectivity index (χ3n) is 4.21. The summed E-state index contributed by atoms with van der Waals surface area (Å²) in [5.41, 5.74) is -1.99. The SMILES string of the molecule is COc1ccc(Nc2nccn([C@H](C)C3CC3)c2=O)c(C(F)(F)F)n1. The highest BCUT2D eigenvalue weighted by molar-refractivity contribution is 5.59. The molecule has 2 aromatic rings. The molecule has 1 N–H and O–H groups in total. The number of nitrogens with zero attached hydrogens (tertiary/aromatic N) is 3. The van der Waals surface area contributed by atoms with Gasteiger partial charge in [0.05, 0.1) is 12.8 Å². The standard InChI is InChI=1S/C16H17F3N4O2/c1-9(10-3-4-10)23-8-7-20-14(15(23)24)21-11-5-6-12(25-2)22-13(11)16(17,18)19/h5-10H,3-4H2,1-2H3,(H,20,21)/t9-/m1/s1. The van der Waals surface area contributed by atoms with Crippen molar-refractivity contribution in [3.63, 3.8) is 0 Å². The van der Waals surface area contributed by atoms with Crippen molar-refractivity contribution < 1.29 is 17.9 Å². The number of rotatable bonds is 5.